The van der Waals surface area contributed by atoms with Gasteiger partial charge in [-0.15, -0.1) is 11.8 Å². The molecule has 0 N–H and O–H groups in total. The molecule has 1 heterocycles. The van der Waals surface area contributed by atoms with Gasteiger partial charge in [0.05, 0.1) is 19.0 Å². The van der Waals surface area contributed by atoms with Crippen LogP contribution in [0, 0.1) is 6.92 Å². The minimum absolute atomic E-state index is 0.228. The maximum Gasteiger partial charge on any atom is 0.321 e. The largest absolute Gasteiger partial charge is 0.426 e. The number of esters is 1. The SMILES string of the molecule is Cc1ccc(SCC(=O)Oc2ccc3ccccc3c2CN2CCOCC2)cc1. The highest BCUT2D eigenvalue weighted by molar-refractivity contribution is 8.00. The third-order valence-electron chi connectivity index (χ3n) is 5.08. The first-order chi connectivity index (χ1) is 14.2. The second kappa shape index (κ2) is 9.44. The van der Waals surface area contributed by atoms with Crippen LogP contribution in [0.5, 0.6) is 5.75 Å². The van der Waals surface area contributed by atoms with Crippen molar-refractivity contribution < 1.29 is 14.3 Å². The number of hydrogen-bond acceptors (Lipinski definition) is 5. The van der Waals surface area contributed by atoms with Crippen molar-refractivity contribution >= 4 is 28.5 Å². The van der Waals surface area contributed by atoms with Crippen LogP contribution in [0.25, 0.3) is 10.8 Å². The first-order valence-electron chi connectivity index (χ1n) is 9.90. The Morgan fingerprint density at radius 1 is 1.03 bits per heavy atom. The van der Waals surface area contributed by atoms with Gasteiger partial charge in [-0.3, -0.25) is 9.69 Å². The fourth-order valence-corrected chi connectivity index (χ4v) is 4.16. The summed E-state index contributed by atoms with van der Waals surface area (Å²) in [6, 6.07) is 20.4. The molecular formula is C24H25NO3S. The number of rotatable bonds is 6. The first kappa shape index (κ1) is 20.0. The summed E-state index contributed by atoms with van der Waals surface area (Å²) in [5.41, 5.74) is 2.28. The number of thioether (sulfide) groups is 1. The molecule has 0 amide bonds. The fraction of sp³-hybridized carbons (Fsp3) is 0.292. The van der Waals surface area contributed by atoms with Crippen LogP contribution in [0.2, 0.25) is 0 Å². The van der Waals surface area contributed by atoms with Gasteiger partial charge in [-0.05, 0) is 35.9 Å². The Labute approximate surface area is 175 Å². The van der Waals surface area contributed by atoms with E-state index < -0.39 is 0 Å². The van der Waals surface area contributed by atoms with Gasteiger partial charge in [-0.25, -0.2) is 0 Å². The van der Waals surface area contributed by atoms with E-state index in [2.05, 4.69) is 36.1 Å². The van der Waals surface area contributed by atoms with Crippen LogP contribution in [-0.2, 0) is 16.1 Å². The van der Waals surface area contributed by atoms with Crippen molar-refractivity contribution in [3.63, 3.8) is 0 Å². The van der Waals surface area contributed by atoms with Gasteiger partial charge in [0, 0.05) is 30.1 Å². The summed E-state index contributed by atoms with van der Waals surface area (Å²) in [5.74, 6) is 0.714. The van der Waals surface area contributed by atoms with Crippen molar-refractivity contribution in [1.82, 2.24) is 4.90 Å². The monoisotopic (exact) mass is 407 g/mol. The van der Waals surface area contributed by atoms with Crippen molar-refractivity contribution in [2.75, 3.05) is 32.1 Å². The lowest BCUT2D eigenvalue weighted by molar-refractivity contribution is -0.131. The van der Waals surface area contributed by atoms with Crippen molar-refractivity contribution in [3.8, 4) is 5.75 Å². The maximum atomic E-state index is 12.6. The van der Waals surface area contributed by atoms with Gasteiger partial charge in [0.1, 0.15) is 5.75 Å². The Morgan fingerprint density at radius 3 is 2.59 bits per heavy atom. The molecule has 0 aliphatic carbocycles. The van der Waals surface area contributed by atoms with Crippen LogP contribution in [0.15, 0.2) is 65.6 Å². The quantitative estimate of drug-likeness (QED) is 0.337. The average molecular weight is 408 g/mol. The number of carbonyl (C=O) groups excluding carboxylic acids is 1. The fourth-order valence-electron chi connectivity index (χ4n) is 3.49. The zero-order valence-electron chi connectivity index (χ0n) is 16.6. The van der Waals surface area contributed by atoms with E-state index in [1.165, 1.54) is 17.3 Å². The number of fused-ring (bicyclic) bond motifs is 1. The highest BCUT2D eigenvalue weighted by atomic mass is 32.2. The van der Waals surface area contributed by atoms with E-state index >= 15 is 0 Å². The molecule has 1 aliphatic heterocycles. The molecular weight excluding hydrogens is 382 g/mol. The zero-order chi connectivity index (χ0) is 20.1. The Bertz CT molecular complexity index is 981. The lowest BCUT2D eigenvalue weighted by Crippen LogP contribution is -2.35. The van der Waals surface area contributed by atoms with Crippen molar-refractivity contribution in [2.45, 2.75) is 18.4 Å². The highest BCUT2D eigenvalue weighted by Crippen LogP contribution is 2.30. The molecule has 5 heteroatoms. The topological polar surface area (TPSA) is 38.8 Å². The number of ether oxygens (including phenoxy) is 2. The van der Waals surface area contributed by atoms with Gasteiger partial charge >= 0.3 is 5.97 Å². The van der Waals surface area contributed by atoms with E-state index in [1.807, 2.05) is 36.4 Å². The summed E-state index contributed by atoms with van der Waals surface area (Å²) >= 11 is 1.50. The molecule has 0 aromatic heterocycles. The van der Waals surface area contributed by atoms with Crippen LogP contribution >= 0.6 is 11.8 Å². The number of hydrogen-bond donors (Lipinski definition) is 0. The molecule has 1 saturated heterocycles. The summed E-state index contributed by atoms with van der Waals surface area (Å²) < 4.78 is 11.3. The maximum absolute atomic E-state index is 12.6. The number of carbonyl (C=O) groups is 1. The molecule has 0 saturated carbocycles. The Hall–Kier alpha value is -2.34. The van der Waals surface area contributed by atoms with Crippen molar-refractivity contribution in [3.05, 3.63) is 71.8 Å². The standard InChI is InChI=1S/C24H25NO3S/c1-18-6-9-20(10-7-18)29-17-24(26)28-23-11-8-19-4-2-3-5-21(19)22(23)16-25-12-14-27-15-13-25/h2-11H,12-17H2,1H3. The molecule has 0 radical (unpaired) electrons. The van der Waals surface area contributed by atoms with Crippen LogP contribution in [0.4, 0.5) is 0 Å². The highest BCUT2D eigenvalue weighted by Gasteiger charge is 2.18. The third-order valence-corrected chi connectivity index (χ3v) is 6.07. The molecule has 4 rings (SSSR count). The Morgan fingerprint density at radius 2 is 1.79 bits per heavy atom. The van der Waals surface area contributed by atoms with Gasteiger partial charge in [0.2, 0.25) is 0 Å². The minimum Gasteiger partial charge on any atom is -0.426 e. The van der Waals surface area contributed by atoms with Gasteiger partial charge in [0.25, 0.3) is 0 Å². The number of morpholine rings is 1. The smallest absolute Gasteiger partial charge is 0.321 e. The second-order valence-electron chi connectivity index (χ2n) is 7.23. The van der Waals surface area contributed by atoms with E-state index in [-0.39, 0.29) is 11.7 Å². The lowest BCUT2D eigenvalue weighted by atomic mass is 10.0. The summed E-state index contributed by atoms with van der Waals surface area (Å²) in [7, 11) is 0. The molecule has 3 aromatic rings. The van der Waals surface area contributed by atoms with Gasteiger partial charge in [-0.1, -0.05) is 48.0 Å². The van der Waals surface area contributed by atoms with Gasteiger partial charge < -0.3 is 9.47 Å². The zero-order valence-corrected chi connectivity index (χ0v) is 17.4. The van der Waals surface area contributed by atoms with Gasteiger partial charge in [0.15, 0.2) is 0 Å². The normalized spacial score (nSPS) is 14.8. The van der Waals surface area contributed by atoms with E-state index in [0.29, 0.717) is 5.75 Å². The molecule has 1 aliphatic rings. The van der Waals surface area contributed by atoms with Crippen LogP contribution < -0.4 is 4.74 Å². The van der Waals surface area contributed by atoms with Crippen LogP contribution in [-0.4, -0.2) is 42.9 Å². The molecule has 1 fully saturated rings. The van der Waals surface area contributed by atoms with E-state index in [1.54, 1.807) is 0 Å². The summed E-state index contributed by atoms with van der Waals surface area (Å²) in [6.07, 6.45) is 0. The molecule has 3 aromatic carbocycles. The van der Waals surface area contributed by atoms with E-state index in [9.17, 15) is 4.79 Å². The molecule has 29 heavy (non-hydrogen) atoms. The van der Waals surface area contributed by atoms with Crippen LogP contribution in [0.3, 0.4) is 0 Å². The molecule has 0 bridgehead atoms. The van der Waals surface area contributed by atoms with Gasteiger partial charge in [-0.2, -0.15) is 0 Å². The lowest BCUT2D eigenvalue weighted by Gasteiger charge is -2.27. The summed E-state index contributed by atoms with van der Waals surface area (Å²) in [4.78, 5) is 16.0. The van der Waals surface area contributed by atoms with E-state index in [4.69, 9.17) is 9.47 Å². The molecule has 4 nitrogen and oxygen atoms in total. The minimum atomic E-state index is -0.228. The first-order valence-corrected chi connectivity index (χ1v) is 10.9. The van der Waals surface area contributed by atoms with Crippen molar-refractivity contribution in [1.29, 1.82) is 0 Å². The number of nitrogens with zero attached hydrogens (tertiary/aromatic N) is 1. The van der Waals surface area contributed by atoms with Crippen molar-refractivity contribution in [2.24, 2.45) is 0 Å². The molecule has 0 unspecified atom stereocenters. The molecule has 0 atom stereocenters. The van der Waals surface area contributed by atoms with Crippen LogP contribution in [0.1, 0.15) is 11.1 Å². The van der Waals surface area contributed by atoms with E-state index in [0.717, 1.165) is 54.1 Å². The number of benzene rings is 3. The summed E-state index contributed by atoms with van der Waals surface area (Å²) in [6.45, 7) is 6.07. The molecule has 150 valence electrons. The second-order valence-corrected chi connectivity index (χ2v) is 8.28. The average Bonchev–Trinajstić information content (AvgIpc) is 2.76. The predicted molar refractivity (Wildman–Crippen MR) is 118 cm³/mol. The Balaban J connectivity index is 1.51. The third kappa shape index (κ3) is 5.18. The predicted octanol–water partition coefficient (Wildman–Crippen LogP) is 4.68. The summed E-state index contributed by atoms with van der Waals surface area (Å²) in [5, 5.41) is 2.29. The molecule has 0 spiro atoms. The number of aryl methyl sites for hydroxylation is 1. The Kier molecular flexibility index (Phi) is 6.49.